The van der Waals surface area contributed by atoms with E-state index in [4.69, 9.17) is 10.5 Å². The number of ether oxygens (including phenoxy) is 1. The second kappa shape index (κ2) is 5.28. The summed E-state index contributed by atoms with van der Waals surface area (Å²) < 4.78 is 5.67. The van der Waals surface area contributed by atoms with Gasteiger partial charge in [-0.3, -0.25) is 4.79 Å². The summed E-state index contributed by atoms with van der Waals surface area (Å²) in [6, 6.07) is 0. The molecule has 5 nitrogen and oxygen atoms in total. The van der Waals surface area contributed by atoms with E-state index in [1.807, 2.05) is 32.6 Å². The molecule has 1 aliphatic heterocycles. The Morgan fingerprint density at radius 3 is 2.65 bits per heavy atom. The topological polar surface area (TPSA) is 75.8 Å². The fourth-order valence-corrected chi connectivity index (χ4v) is 3.40. The molecule has 3 N–H and O–H groups in total. The zero-order chi connectivity index (χ0) is 15.1. The number of piperidine rings is 1. The van der Waals surface area contributed by atoms with E-state index in [1.54, 1.807) is 0 Å². The van der Waals surface area contributed by atoms with Gasteiger partial charge in [-0.15, -0.1) is 0 Å². The summed E-state index contributed by atoms with van der Waals surface area (Å²) >= 11 is 0. The molecule has 116 valence electrons. The summed E-state index contributed by atoms with van der Waals surface area (Å²) in [6.45, 7) is 9.79. The predicted molar refractivity (Wildman–Crippen MR) is 77.1 cm³/mol. The molecule has 0 aromatic heterocycles. The molecule has 2 fully saturated rings. The number of hydrogen-bond acceptors (Lipinski definition) is 4. The van der Waals surface area contributed by atoms with Crippen LogP contribution in [0.5, 0.6) is 0 Å². The number of carbonyl (C=O) groups excluding carboxylic acids is 1. The Morgan fingerprint density at radius 1 is 1.50 bits per heavy atom. The molecular weight excluding hydrogens is 256 g/mol. The van der Waals surface area contributed by atoms with Crippen LogP contribution in [0, 0.1) is 11.3 Å². The van der Waals surface area contributed by atoms with Crippen LogP contribution in [-0.4, -0.2) is 53.4 Å². The number of aliphatic hydroxyl groups excluding tert-OH is 1. The maximum atomic E-state index is 12.8. The van der Waals surface area contributed by atoms with Crippen LogP contribution in [0.2, 0.25) is 0 Å². The molecule has 1 saturated carbocycles. The lowest BCUT2D eigenvalue weighted by molar-refractivity contribution is -0.181. The van der Waals surface area contributed by atoms with Crippen molar-refractivity contribution >= 4 is 5.91 Å². The smallest absolute Gasteiger partial charge is 0.243 e. The van der Waals surface area contributed by atoms with E-state index in [-0.39, 0.29) is 29.4 Å². The van der Waals surface area contributed by atoms with Gasteiger partial charge in [-0.2, -0.15) is 0 Å². The molecular formula is C15H28N2O3. The normalized spacial score (nSPS) is 40.3. The van der Waals surface area contributed by atoms with E-state index in [0.717, 1.165) is 0 Å². The third-order valence-electron chi connectivity index (χ3n) is 5.36. The zero-order valence-corrected chi connectivity index (χ0v) is 13.1. The van der Waals surface area contributed by atoms with Gasteiger partial charge < -0.3 is 20.5 Å². The minimum Gasteiger partial charge on any atom is -0.393 e. The number of likely N-dealkylation sites (tertiary alicyclic amines) is 1. The first-order valence-electron chi connectivity index (χ1n) is 7.62. The van der Waals surface area contributed by atoms with Crippen molar-refractivity contribution in [1.82, 2.24) is 4.90 Å². The highest BCUT2D eigenvalue weighted by molar-refractivity contribution is 5.89. The molecule has 0 spiro atoms. The van der Waals surface area contributed by atoms with Crippen LogP contribution in [0.15, 0.2) is 0 Å². The lowest BCUT2D eigenvalue weighted by Gasteiger charge is -2.59. The number of hydrogen-bond donors (Lipinski definition) is 2. The second-order valence-corrected chi connectivity index (χ2v) is 6.93. The molecule has 0 radical (unpaired) electrons. The molecule has 1 saturated heterocycles. The molecule has 1 aliphatic carbocycles. The van der Waals surface area contributed by atoms with Gasteiger partial charge in [-0.25, -0.2) is 0 Å². The number of aliphatic hydroxyl groups is 1. The molecule has 0 bridgehead atoms. The van der Waals surface area contributed by atoms with Gasteiger partial charge in [-0.05, 0) is 19.3 Å². The maximum Gasteiger partial charge on any atom is 0.243 e. The molecule has 1 heterocycles. The van der Waals surface area contributed by atoms with Crippen LogP contribution >= 0.6 is 0 Å². The van der Waals surface area contributed by atoms with Crippen LogP contribution in [0.25, 0.3) is 0 Å². The Morgan fingerprint density at radius 2 is 2.15 bits per heavy atom. The van der Waals surface area contributed by atoms with Gasteiger partial charge in [0, 0.05) is 31.5 Å². The standard InChI is InChI=1S/C15H28N2O3/c1-5-20-12-8-15(16,14(12,3)4)13(19)17-7-6-11(18)10(2)9-17/h10-12,18H,5-9,16H2,1-4H3. The van der Waals surface area contributed by atoms with Crippen molar-refractivity contribution in [3.8, 4) is 0 Å². The Labute approximate surface area is 121 Å². The van der Waals surface area contributed by atoms with Gasteiger partial charge in [0.25, 0.3) is 0 Å². The third kappa shape index (κ3) is 2.26. The average molecular weight is 284 g/mol. The van der Waals surface area contributed by atoms with Crippen molar-refractivity contribution in [1.29, 1.82) is 0 Å². The van der Waals surface area contributed by atoms with Crippen molar-refractivity contribution in [3.05, 3.63) is 0 Å². The highest BCUT2D eigenvalue weighted by Gasteiger charge is 2.63. The zero-order valence-electron chi connectivity index (χ0n) is 13.1. The number of carbonyl (C=O) groups is 1. The lowest BCUT2D eigenvalue weighted by Crippen LogP contribution is -2.76. The molecule has 20 heavy (non-hydrogen) atoms. The minimum atomic E-state index is -0.838. The largest absolute Gasteiger partial charge is 0.393 e. The van der Waals surface area contributed by atoms with Crippen LogP contribution in [0.4, 0.5) is 0 Å². The summed E-state index contributed by atoms with van der Waals surface area (Å²) in [5, 5.41) is 9.78. The van der Waals surface area contributed by atoms with Crippen LogP contribution in [0.1, 0.15) is 40.5 Å². The maximum absolute atomic E-state index is 12.8. The number of amides is 1. The van der Waals surface area contributed by atoms with E-state index < -0.39 is 5.54 Å². The highest BCUT2D eigenvalue weighted by atomic mass is 16.5. The summed E-state index contributed by atoms with van der Waals surface area (Å²) in [4.78, 5) is 14.6. The quantitative estimate of drug-likeness (QED) is 0.802. The molecule has 4 atom stereocenters. The van der Waals surface area contributed by atoms with Gasteiger partial charge in [0.2, 0.25) is 5.91 Å². The summed E-state index contributed by atoms with van der Waals surface area (Å²) in [6.07, 6.45) is 0.964. The molecule has 0 aromatic carbocycles. The van der Waals surface area contributed by atoms with E-state index in [1.165, 1.54) is 0 Å². The van der Waals surface area contributed by atoms with Gasteiger partial charge in [0.05, 0.1) is 12.2 Å². The first-order chi connectivity index (χ1) is 9.24. The third-order valence-corrected chi connectivity index (χ3v) is 5.36. The fourth-order valence-electron chi connectivity index (χ4n) is 3.40. The number of nitrogens with zero attached hydrogens (tertiary/aromatic N) is 1. The average Bonchev–Trinajstić information content (AvgIpc) is 2.40. The van der Waals surface area contributed by atoms with Crippen molar-refractivity contribution in [2.45, 2.75) is 58.3 Å². The fraction of sp³-hybridized carbons (Fsp3) is 0.933. The van der Waals surface area contributed by atoms with Gasteiger partial charge in [-0.1, -0.05) is 20.8 Å². The predicted octanol–water partition coefficient (Wildman–Crippen LogP) is 0.748. The summed E-state index contributed by atoms with van der Waals surface area (Å²) in [5.74, 6) is 0.124. The van der Waals surface area contributed by atoms with Crippen molar-refractivity contribution in [2.75, 3.05) is 19.7 Å². The van der Waals surface area contributed by atoms with Crippen molar-refractivity contribution in [2.24, 2.45) is 17.1 Å². The Bertz CT molecular complexity index is 385. The molecule has 0 aromatic rings. The second-order valence-electron chi connectivity index (χ2n) is 6.93. The molecule has 2 rings (SSSR count). The Hall–Kier alpha value is -0.650. The van der Waals surface area contributed by atoms with E-state index in [0.29, 0.717) is 32.5 Å². The van der Waals surface area contributed by atoms with Crippen molar-refractivity contribution in [3.63, 3.8) is 0 Å². The van der Waals surface area contributed by atoms with Crippen LogP contribution in [-0.2, 0) is 9.53 Å². The minimum absolute atomic E-state index is 0.0113. The first kappa shape index (κ1) is 15.7. The lowest BCUT2D eigenvalue weighted by atomic mass is 9.54. The highest BCUT2D eigenvalue weighted by Crippen LogP contribution is 2.50. The SMILES string of the molecule is CCOC1CC(N)(C(=O)N2CCC(O)C(C)C2)C1(C)C. The monoisotopic (exact) mass is 284 g/mol. The summed E-state index contributed by atoms with van der Waals surface area (Å²) in [5.41, 5.74) is 5.24. The summed E-state index contributed by atoms with van der Waals surface area (Å²) in [7, 11) is 0. The van der Waals surface area contributed by atoms with Crippen LogP contribution in [0.3, 0.4) is 0 Å². The van der Waals surface area contributed by atoms with Gasteiger partial charge in [0.1, 0.15) is 5.54 Å². The van der Waals surface area contributed by atoms with Crippen LogP contribution < -0.4 is 5.73 Å². The van der Waals surface area contributed by atoms with Crippen molar-refractivity contribution < 1.29 is 14.6 Å². The molecule has 4 unspecified atom stereocenters. The van der Waals surface area contributed by atoms with E-state index in [9.17, 15) is 9.90 Å². The number of nitrogens with two attached hydrogens (primary N) is 1. The molecule has 2 aliphatic rings. The Balaban J connectivity index is 2.06. The molecule has 1 amide bonds. The Kier molecular flexibility index (Phi) is 4.15. The number of rotatable bonds is 3. The molecule has 5 heteroatoms. The van der Waals surface area contributed by atoms with Gasteiger partial charge in [0.15, 0.2) is 0 Å². The van der Waals surface area contributed by atoms with Gasteiger partial charge >= 0.3 is 0 Å². The first-order valence-corrected chi connectivity index (χ1v) is 7.62. The van der Waals surface area contributed by atoms with E-state index in [2.05, 4.69) is 0 Å². The van der Waals surface area contributed by atoms with E-state index >= 15 is 0 Å².